The number of carboxylic acid groups (broad SMARTS) is 1. The minimum atomic E-state index is -0.781. The first-order chi connectivity index (χ1) is 9.49. The molecule has 114 valence electrons. The zero-order valence-electron chi connectivity index (χ0n) is 11.5. The molecule has 1 rings (SSSR count). The van der Waals surface area contributed by atoms with Crippen molar-refractivity contribution in [2.75, 3.05) is 24.6 Å². The first-order valence-corrected chi connectivity index (χ1v) is 8.00. The van der Waals surface area contributed by atoms with Gasteiger partial charge in [-0.25, -0.2) is 0 Å². The summed E-state index contributed by atoms with van der Waals surface area (Å²) in [5.74, 6) is 0.0709. The maximum absolute atomic E-state index is 12.0. The number of amides is 2. The van der Waals surface area contributed by atoms with Crippen molar-refractivity contribution in [2.45, 2.75) is 32.1 Å². The molecule has 0 saturated carbocycles. The van der Waals surface area contributed by atoms with Gasteiger partial charge in [-0.15, -0.1) is 0 Å². The Kier molecular flexibility index (Phi) is 7.43. The quantitative estimate of drug-likeness (QED) is 0.643. The topological polar surface area (TPSA) is 101 Å². The summed E-state index contributed by atoms with van der Waals surface area (Å²) in [4.78, 5) is 35.0. The second-order valence-corrected chi connectivity index (χ2v) is 6.15. The third-order valence-corrected chi connectivity index (χ3v) is 4.32. The van der Waals surface area contributed by atoms with E-state index in [2.05, 4.69) is 0 Å². The van der Waals surface area contributed by atoms with E-state index in [9.17, 15) is 14.4 Å². The molecule has 2 amide bonds. The molecule has 1 fully saturated rings. The van der Waals surface area contributed by atoms with Crippen LogP contribution in [0.4, 0.5) is 0 Å². The lowest BCUT2D eigenvalue weighted by atomic mass is 9.93. The number of primary amides is 1. The van der Waals surface area contributed by atoms with Gasteiger partial charge < -0.3 is 15.7 Å². The van der Waals surface area contributed by atoms with Gasteiger partial charge in [0.2, 0.25) is 11.8 Å². The SMILES string of the molecule is NC(=O)CSCCC(=O)N1CCCC(CCC(=O)O)C1. The molecule has 0 bridgehead atoms. The van der Waals surface area contributed by atoms with E-state index in [0.29, 0.717) is 31.1 Å². The normalized spacial score (nSPS) is 18.8. The van der Waals surface area contributed by atoms with Crippen molar-refractivity contribution >= 4 is 29.5 Å². The van der Waals surface area contributed by atoms with Crippen LogP contribution in [0.5, 0.6) is 0 Å². The molecule has 0 aromatic heterocycles. The number of nitrogens with zero attached hydrogens (tertiary/aromatic N) is 1. The van der Waals surface area contributed by atoms with Crippen LogP contribution in [-0.2, 0) is 14.4 Å². The number of carbonyl (C=O) groups is 3. The Labute approximate surface area is 123 Å². The summed E-state index contributed by atoms with van der Waals surface area (Å²) >= 11 is 1.37. The van der Waals surface area contributed by atoms with Crippen LogP contribution in [0.15, 0.2) is 0 Å². The van der Waals surface area contributed by atoms with Gasteiger partial charge in [-0.2, -0.15) is 11.8 Å². The number of aliphatic carboxylic acids is 1. The third-order valence-electron chi connectivity index (χ3n) is 3.34. The predicted octanol–water partition coefficient (Wildman–Crippen LogP) is 0.698. The molecule has 0 spiro atoms. The lowest BCUT2D eigenvalue weighted by Gasteiger charge is -2.32. The zero-order valence-corrected chi connectivity index (χ0v) is 12.4. The highest BCUT2D eigenvalue weighted by molar-refractivity contribution is 7.99. The average molecular weight is 302 g/mol. The van der Waals surface area contributed by atoms with Gasteiger partial charge in [0.05, 0.1) is 5.75 Å². The summed E-state index contributed by atoms with van der Waals surface area (Å²) in [6, 6.07) is 0. The van der Waals surface area contributed by atoms with Crippen LogP contribution in [-0.4, -0.2) is 52.4 Å². The zero-order chi connectivity index (χ0) is 15.0. The third kappa shape index (κ3) is 6.79. The number of rotatable bonds is 8. The average Bonchev–Trinajstić information content (AvgIpc) is 2.41. The van der Waals surface area contributed by atoms with Crippen LogP contribution in [0.3, 0.4) is 0 Å². The molecule has 1 atom stereocenters. The molecular weight excluding hydrogens is 280 g/mol. The molecule has 0 aromatic rings. The molecule has 6 nitrogen and oxygen atoms in total. The Hall–Kier alpha value is -1.24. The highest BCUT2D eigenvalue weighted by Crippen LogP contribution is 2.21. The van der Waals surface area contributed by atoms with E-state index >= 15 is 0 Å². The molecule has 1 aliphatic rings. The van der Waals surface area contributed by atoms with Gasteiger partial charge >= 0.3 is 5.97 Å². The first kappa shape index (κ1) is 16.8. The number of carboxylic acids is 1. The Balaban J connectivity index is 2.25. The predicted molar refractivity (Wildman–Crippen MR) is 77.3 cm³/mol. The Bertz CT molecular complexity index is 362. The van der Waals surface area contributed by atoms with E-state index < -0.39 is 5.97 Å². The first-order valence-electron chi connectivity index (χ1n) is 6.84. The van der Waals surface area contributed by atoms with E-state index in [1.54, 1.807) is 0 Å². The lowest BCUT2D eigenvalue weighted by molar-refractivity contribution is -0.137. The molecule has 3 N–H and O–H groups in total. The van der Waals surface area contributed by atoms with Crippen LogP contribution in [0.2, 0.25) is 0 Å². The summed E-state index contributed by atoms with van der Waals surface area (Å²) in [7, 11) is 0. The van der Waals surface area contributed by atoms with Crippen molar-refractivity contribution < 1.29 is 19.5 Å². The van der Waals surface area contributed by atoms with Gasteiger partial charge in [-0.1, -0.05) is 0 Å². The van der Waals surface area contributed by atoms with Gasteiger partial charge in [0.1, 0.15) is 0 Å². The number of likely N-dealkylation sites (tertiary alicyclic amines) is 1. The van der Waals surface area contributed by atoms with Crippen molar-refractivity contribution in [3.8, 4) is 0 Å². The van der Waals surface area contributed by atoms with Crippen LogP contribution >= 0.6 is 11.8 Å². The molecule has 1 aliphatic heterocycles. The fraction of sp³-hybridized carbons (Fsp3) is 0.769. The van der Waals surface area contributed by atoms with Crippen molar-refractivity contribution in [3.05, 3.63) is 0 Å². The number of carbonyl (C=O) groups excluding carboxylic acids is 2. The number of hydrogen-bond donors (Lipinski definition) is 2. The summed E-state index contributed by atoms with van der Waals surface area (Å²) in [6.45, 7) is 1.41. The van der Waals surface area contributed by atoms with Gasteiger partial charge in [-0.3, -0.25) is 14.4 Å². The summed E-state index contributed by atoms with van der Waals surface area (Å²) in [5, 5.41) is 8.69. The minimum absolute atomic E-state index is 0.0852. The van der Waals surface area contributed by atoms with Gasteiger partial charge in [0, 0.05) is 31.7 Å². The molecule has 1 heterocycles. The molecule has 0 aromatic carbocycles. The van der Waals surface area contributed by atoms with Crippen LogP contribution < -0.4 is 5.73 Å². The smallest absolute Gasteiger partial charge is 0.303 e. The summed E-state index contributed by atoms with van der Waals surface area (Å²) in [6.07, 6.45) is 3.14. The van der Waals surface area contributed by atoms with Crippen molar-refractivity contribution in [1.82, 2.24) is 4.90 Å². The van der Waals surface area contributed by atoms with E-state index in [1.807, 2.05) is 4.90 Å². The number of thioether (sulfide) groups is 1. The fourth-order valence-corrected chi connectivity index (χ4v) is 3.01. The van der Waals surface area contributed by atoms with Gasteiger partial charge in [0.25, 0.3) is 0 Å². The number of nitrogens with two attached hydrogens (primary N) is 1. The van der Waals surface area contributed by atoms with E-state index in [1.165, 1.54) is 11.8 Å². The maximum atomic E-state index is 12.0. The molecule has 20 heavy (non-hydrogen) atoms. The van der Waals surface area contributed by atoms with Gasteiger partial charge in [0.15, 0.2) is 0 Å². The van der Waals surface area contributed by atoms with Crippen LogP contribution in [0, 0.1) is 5.92 Å². The van der Waals surface area contributed by atoms with E-state index in [0.717, 1.165) is 19.4 Å². The second kappa shape index (κ2) is 8.84. The molecule has 1 unspecified atom stereocenters. The maximum Gasteiger partial charge on any atom is 0.303 e. The van der Waals surface area contributed by atoms with Crippen molar-refractivity contribution in [2.24, 2.45) is 11.7 Å². The fourth-order valence-electron chi connectivity index (χ4n) is 2.35. The Morgan fingerprint density at radius 2 is 2.05 bits per heavy atom. The highest BCUT2D eigenvalue weighted by Gasteiger charge is 2.23. The van der Waals surface area contributed by atoms with Crippen molar-refractivity contribution in [3.63, 3.8) is 0 Å². The lowest BCUT2D eigenvalue weighted by Crippen LogP contribution is -2.40. The number of piperidine rings is 1. The largest absolute Gasteiger partial charge is 0.481 e. The Morgan fingerprint density at radius 1 is 1.30 bits per heavy atom. The Morgan fingerprint density at radius 3 is 2.70 bits per heavy atom. The highest BCUT2D eigenvalue weighted by atomic mass is 32.2. The van der Waals surface area contributed by atoms with Crippen LogP contribution in [0.25, 0.3) is 0 Å². The molecule has 1 saturated heterocycles. The molecule has 0 aliphatic carbocycles. The number of hydrogen-bond acceptors (Lipinski definition) is 4. The summed E-state index contributed by atoms with van der Waals surface area (Å²) in [5.41, 5.74) is 5.03. The van der Waals surface area contributed by atoms with Gasteiger partial charge in [-0.05, 0) is 25.2 Å². The second-order valence-electron chi connectivity index (χ2n) is 5.05. The van der Waals surface area contributed by atoms with Crippen LogP contribution in [0.1, 0.15) is 32.1 Å². The van der Waals surface area contributed by atoms with E-state index in [-0.39, 0.29) is 24.0 Å². The molecule has 7 heteroatoms. The van der Waals surface area contributed by atoms with E-state index in [4.69, 9.17) is 10.8 Å². The molecule has 0 radical (unpaired) electrons. The minimum Gasteiger partial charge on any atom is -0.481 e. The summed E-state index contributed by atoms with van der Waals surface area (Å²) < 4.78 is 0. The monoisotopic (exact) mass is 302 g/mol. The van der Waals surface area contributed by atoms with Crippen molar-refractivity contribution in [1.29, 1.82) is 0 Å². The molecular formula is C13H22N2O4S. The standard InChI is InChI=1S/C13H22N2O4S/c14-11(16)9-20-7-5-12(17)15-6-1-2-10(8-15)3-4-13(18)19/h10H,1-9H2,(H2,14,16)(H,18,19).